The molecule has 3 aromatic rings. The summed E-state index contributed by atoms with van der Waals surface area (Å²) in [5.41, 5.74) is 2.29. The Morgan fingerprint density at radius 3 is 2.61 bits per heavy atom. The van der Waals surface area contributed by atoms with Gasteiger partial charge in [0.15, 0.2) is 5.78 Å². The summed E-state index contributed by atoms with van der Waals surface area (Å²) in [6.45, 7) is 2.73. The van der Waals surface area contributed by atoms with Crippen molar-refractivity contribution in [3.05, 3.63) is 64.9 Å². The minimum Gasteiger partial charge on any atom is -0.494 e. The normalized spacial score (nSPS) is 10.9. The largest absolute Gasteiger partial charge is 0.494 e. The number of aldehydes is 1. The molecule has 28 heavy (non-hydrogen) atoms. The van der Waals surface area contributed by atoms with E-state index in [0.717, 1.165) is 36.6 Å². The molecule has 0 amide bonds. The number of ketones is 1. The molecule has 146 valence electrons. The number of unbranched alkanes of at least 4 members (excludes halogenated alkanes) is 1. The molecule has 3 rings (SSSR count). The fourth-order valence-electron chi connectivity index (χ4n) is 3.09. The highest BCUT2D eigenvalue weighted by Gasteiger charge is 2.22. The predicted molar refractivity (Wildman–Crippen MR) is 114 cm³/mol. The standard InChI is InChI=1S/C23H23BrO4/c1-2-3-5-21-22(19-14-16(15-25)6-11-20(19)28-21)23(26)17-7-9-18(10-8-17)27-13-4-12-24/h6-11,14-15H,2-5,12-13H2,1H3. The van der Waals surface area contributed by atoms with Gasteiger partial charge in [-0.3, -0.25) is 9.59 Å². The fourth-order valence-corrected chi connectivity index (χ4v) is 3.32. The minimum atomic E-state index is -0.0973. The zero-order chi connectivity index (χ0) is 19.9. The van der Waals surface area contributed by atoms with Crippen LogP contribution < -0.4 is 4.74 Å². The van der Waals surface area contributed by atoms with E-state index in [1.165, 1.54) is 0 Å². The van der Waals surface area contributed by atoms with Gasteiger partial charge in [0.25, 0.3) is 0 Å². The number of carbonyl (C=O) groups is 2. The number of ether oxygens (including phenoxy) is 1. The molecule has 4 nitrogen and oxygen atoms in total. The third-order valence-corrected chi connectivity index (χ3v) is 5.13. The van der Waals surface area contributed by atoms with Gasteiger partial charge >= 0.3 is 0 Å². The van der Waals surface area contributed by atoms with Crippen LogP contribution in [0.25, 0.3) is 11.0 Å². The summed E-state index contributed by atoms with van der Waals surface area (Å²) < 4.78 is 11.6. The summed E-state index contributed by atoms with van der Waals surface area (Å²) in [5, 5.41) is 1.58. The molecule has 0 saturated carbocycles. The second-order valence-corrected chi connectivity index (χ2v) is 7.41. The van der Waals surface area contributed by atoms with E-state index >= 15 is 0 Å². The highest BCUT2D eigenvalue weighted by atomic mass is 79.9. The molecular formula is C23H23BrO4. The monoisotopic (exact) mass is 442 g/mol. The summed E-state index contributed by atoms with van der Waals surface area (Å²) in [6, 6.07) is 12.4. The molecule has 0 atom stereocenters. The van der Waals surface area contributed by atoms with Crippen LogP contribution in [0.1, 0.15) is 58.2 Å². The third kappa shape index (κ3) is 4.53. The number of carbonyl (C=O) groups excluding carboxylic acids is 2. The summed E-state index contributed by atoms with van der Waals surface area (Å²) in [6.07, 6.45) is 4.33. The first kappa shape index (κ1) is 20.3. The topological polar surface area (TPSA) is 56.5 Å². The lowest BCUT2D eigenvalue weighted by Crippen LogP contribution is -2.04. The average Bonchev–Trinajstić information content (AvgIpc) is 3.09. The molecule has 0 N–H and O–H groups in total. The van der Waals surface area contributed by atoms with Gasteiger partial charge < -0.3 is 9.15 Å². The molecule has 0 fully saturated rings. The molecule has 0 radical (unpaired) electrons. The number of fused-ring (bicyclic) bond motifs is 1. The van der Waals surface area contributed by atoms with E-state index in [-0.39, 0.29) is 5.78 Å². The van der Waals surface area contributed by atoms with Crippen molar-refractivity contribution >= 4 is 39.0 Å². The minimum absolute atomic E-state index is 0.0973. The Bertz CT molecular complexity index is 957. The van der Waals surface area contributed by atoms with Crippen molar-refractivity contribution in [1.82, 2.24) is 0 Å². The van der Waals surface area contributed by atoms with Crippen molar-refractivity contribution in [3.8, 4) is 5.75 Å². The first-order chi connectivity index (χ1) is 13.7. The van der Waals surface area contributed by atoms with Gasteiger partial charge in [0.1, 0.15) is 23.4 Å². The van der Waals surface area contributed by atoms with E-state index in [2.05, 4.69) is 22.9 Å². The van der Waals surface area contributed by atoms with Crippen LogP contribution >= 0.6 is 15.9 Å². The Labute approximate surface area is 173 Å². The lowest BCUT2D eigenvalue weighted by Gasteiger charge is -2.07. The molecule has 1 aromatic heterocycles. The number of halogens is 1. The van der Waals surface area contributed by atoms with E-state index < -0.39 is 0 Å². The van der Waals surface area contributed by atoms with Crippen LogP contribution in [0.5, 0.6) is 5.75 Å². The van der Waals surface area contributed by atoms with E-state index in [4.69, 9.17) is 9.15 Å². The molecule has 0 spiro atoms. The van der Waals surface area contributed by atoms with Gasteiger partial charge in [0.05, 0.1) is 12.2 Å². The van der Waals surface area contributed by atoms with Crippen LogP contribution in [0.4, 0.5) is 0 Å². The molecule has 2 aromatic carbocycles. The highest BCUT2D eigenvalue weighted by Crippen LogP contribution is 2.30. The SMILES string of the molecule is CCCCc1oc2ccc(C=O)cc2c1C(=O)c1ccc(OCCCBr)cc1. The Hall–Kier alpha value is -2.40. The summed E-state index contributed by atoms with van der Waals surface area (Å²) in [7, 11) is 0. The molecular weight excluding hydrogens is 420 g/mol. The van der Waals surface area contributed by atoms with Gasteiger partial charge in [0.2, 0.25) is 0 Å². The van der Waals surface area contributed by atoms with Crippen molar-refractivity contribution in [2.45, 2.75) is 32.6 Å². The summed E-state index contributed by atoms with van der Waals surface area (Å²) >= 11 is 3.37. The van der Waals surface area contributed by atoms with Crippen molar-refractivity contribution < 1.29 is 18.7 Å². The van der Waals surface area contributed by atoms with Gasteiger partial charge in [-0.15, -0.1) is 0 Å². The molecule has 5 heteroatoms. The third-order valence-electron chi connectivity index (χ3n) is 4.57. The number of furan rings is 1. The van der Waals surface area contributed by atoms with Gasteiger partial charge in [-0.05, 0) is 55.3 Å². The molecule has 0 aliphatic carbocycles. The second kappa shape index (κ2) is 9.69. The van der Waals surface area contributed by atoms with Crippen LogP contribution in [0.3, 0.4) is 0 Å². The number of hydrogen-bond acceptors (Lipinski definition) is 4. The van der Waals surface area contributed by atoms with Gasteiger partial charge in [0, 0.05) is 28.3 Å². The van der Waals surface area contributed by atoms with E-state index in [1.807, 2.05) is 12.1 Å². The molecule has 0 aliphatic rings. The highest BCUT2D eigenvalue weighted by molar-refractivity contribution is 9.09. The Kier molecular flexibility index (Phi) is 7.04. The van der Waals surface area contributed by atoms with Crippen LogP contribution in [0.2, 0.25) is 0 Å². The maximum atomic E-state index is 13.3. The van der Waals surface area contributed by atoms with Crippen molar-refractivity contribution in [1.29, 1.82) is 0 Å². The zero-order valence-electron chi connectivity index (χ0n) is 15.9. The number of hydrogen-bond donors (Lipinski definition) is 0. The van der Waals surface area contributed by atoms with Gasteiger partial charge in [-0.1, -0.05) is 29.3 Å². The quantitative estimate of drug-likeness (QED) is 0.167. The Morgan fingerprint density at radius 1 is 1.14 bits per heavy atom. The molecule has 0 saturated heterocycles. The first-order valence-electron chi connectivity index (χ1n) is 9.52. The molecule has 0 unspecified atom stereocenters. The predicted octanol–water partition coefficient (Wildman–Crippen LogP) is 5.98. The van der Waals surface area contributed by atoms with E-state index in [0.29, 0.717) is 46.4 Å². The number of alkyl halides is 1. The maximum absolute atomic E-state index is 13.3. The number of benzene rings is 2. The second-order valence-electron chi connectivity index (χ2n) is 6.62. The number of rotatable bonds is 10. The molecule has 1 heterocycles. The van der Waals surface area contributed by atoms with Gasteiger partial charge in [-0.2, -0.15) is 0 Å². The van der Waals surface area contributed by atoms with Crippen LogP contribution in [0, 0.1) is 0 Å². The molecule has 0 bridgehead atoms. The Balaban J connectivity index is 1.95. The summed E-state index contributed by atoms with van der Waals surface area (Å²) in [5.74, 6) is 1.33. The van der Waals surface area contributed by atoms with Gasteiger partial charge in [-0.25, -0.2) is 0 Å². The summed E-state index contributed by atoms with van der Waals surface area (Å²) in [4.78, 5) is 24.5. The lowest BCUT2D eigenvalue weighted by molar-refractivity contribution is 0.103. The van der Waals surface area contributed by atoms with Crippen molar-refractivity contribution in [2.75, 3.05) is 11.9 Å². The van der Waals surface area contributed by atoms with E-state index in [1.54, 1.807) is 30.3 Å². The smallest absolute Gasteiger partial charge is 0.197 e. The average molecular weight is 443 g/mol. The Morgan fingerprint density at radius 2 is 1.93 bits per heavy atom. The van der Waals surface area contributed by atoms with Crippen LogP contribution in [-0.4, -0.2) is 24.0 Å². The zero-order valence-corrected chi connectivity index (χ0v) is 17.5. The van der Waals surface area contributed by atoms with Crippen molar-refractivity contribution in [3.63, 3.8) is 0 Å². The number of aryl methyl sites for hydroxylation is 1. The van der Waals surface area contributed by atoms with Crippen LogP contribution in [0.15, 0.2) is 46.9 Å². The lowest BCUT2D eigenvalue weighted by atomic mass is 9.97. The maximum Gasteiger partial charge on any atom is 0.197 e. The van der Waals surface area contributed by atoms with Crippen molar-refractivity contribution in [2.24, 2.45) is 0 Å². The first-order valence-corrected chi connectivity index (χ1v) is 10.6. The fraction of sp³-hybridized carbons (Fsp3) is 0.304. The van der Waals surface area contributed by atoms with E-state index in [9.17, 15) is 9.59 Å². The molecule has 0 aliphatic heterocycles. The van der Waals surface area contributed by atoms with Crippen LogP contribution in [-0.2, 0) is 6.42 Å².